The number of aliphatic hydroxyl groups is 1. The Morgan fingerprint density at radius 2 is 0.490 bits per heavy atom. The molecule has 0 bridgehead atoms. The second-order valence-corrected chi connectivity index (χ2v) is 33.0. The Bertz CT molecular complexity index is 1920. The summed E-state index contributed by atoms with van der Waals surface area (Å²) < 4.78 is 68.6. The van der Waals surface area contributed by atoms with E-state index in [0.29, 0.717) is 25.7 Å². The van der Waals surface area contributed by atoms with Crippen molar-refractivity contribution in [3.05, 3.63) is 0 Å². The van der Waals surface area contributed by atoms with Gasteiger partial charge in [-0.25, -0.2) is 9.13 Å². The minimum Gasteiger partial charge on any atom is -0.462 e. The molecule has 98 heavy (non-hydrogen) atoms. The quantitative estimate of drug-likeness (QED) is 0.0222. The topological polar surface area (TPSA) is 237 Å². The Morgan fingerprint density at radius 3 is 0.724 bits per heavy atom. The number of rotatable bonds is 76. The molecule has 0 rings (SSSR count). The molecule has 3 N–H and O–H groups in total. The van der Waals surface area contributed by atoms with Gasteiger partial charge in [-0.3, -0.25) is 37.3 Å². The first-order valence-electron chi connectivity index (χ1n) is 40.7. The van der Waals surface area contributed by atoms with Crippen molar-refractivity contribution in [2.75, 3.05) is 39.6 Å². The van der Waals surface area contributed by atoms with Crippen LogP contribution in [0.1, 0.15) is 402 Å². The lowest BCUT2D eigenvalue weighted by molar-refractivity contribution is -0.161. The number of carbonyl (C=O) groups is 4. The summed E-state index contributed by atoms with van der Waals surface area (Å²) in [5.41, 5.74) is 0. The Hall–Kier alpha value is -1.94. The van der Waals surface area contributed by atoms with Gasteiger partial charge in [0.1, 0.15) is 19.3 Å². The Morgan fingerprint density at radius 1 is 0.286 bits per heavy atom. The van der Waals surface area contributed by atoms with Crippen LogP contribution in [0.25, 0.3) is 0 Å². The number of unbranched alkanes of at least 4 members (excludes halogenated alkanes) is 41. The molecule has 17 nitrogen and oxygen atoms in total. The van der Waals surface area contributed by atoms with Crippen molar-refractivity contribution >= 4 is 39.5 Å². The highest BCUT2D eigenvalue weighted by atomic mass is 31.2. The van der Waals surface area contributed by atoms with Crippen LogP contribution in [0.3, 0.4) is 0 Å². The molecule has 19 heteroatoms. The van der Waals surface area contributed by atoms with E-state index in [9.17, 15) is 43.2 Å². The molecule has 0 aromatic rings. The summed E-state index contributed by atoms with van der Waals surface area (Å²) >= 11 is 0. The zero-order chi connectivity index (χ0) is 72.4. The highest BCUT2D eigenvalue weighted by molar-refractivity contribution is 7.47. The molecular formula is C79H154O17P2. The van der Waals surface area contributed by atoms with Crippen molar-refractivity contribution in [2.24, 2.45) is 23.7 Å². The van der Waals surface area contributed by atoms with E-state index >= 15 is 0 Å². The number of hydrogen-bond acceptors (Lipinski definition) is 15. The molecule has 4 unspecified atom stereocenters. The Balaban J connectivity index is 5.21. The smallest absolute Gasteiger partial charge is 0.462 e. The average Bonchev–Trinajstić information content (AvgIpc) is 1.10. The zero-order valence-electron chi connectivity index (χ0n) is 64.4. The highest BCUT2D eigenvalue weighted by Crippen LogP contribution is 2.45. The van der Waals surface area contributed by atoms with Gasteiger partial charge in [0.15, 0.2) is 12.2 Å². The maximum atomic E-state index is 13.1. The van der Waals surface area contributed by atoms with E-state index < -0.39 is 97.5 Å². The van der Waals surface area contributed by atoms with Gasteiger partial charge in [0.2, 0.25) is 0 Å². The molecule has 0 aromatic carbocycles. The number of carbonyl (C=O) groups excluding carboxylic acids is 4. The molecule has 0 fully saturated rings. The SMILES string of the molecule is CCC(C)CCCCCCCCCCCCCCCCCCCCC(=O)O[C@H](COC(=O)CCCCCCCCCCCCC(C)C)COP(=O)(O)OCC(O)COP(=O)(O)OC[C@@H](COC(=O)CCCCCCCCCCC(C)C)OC(=O)CCCCCCCCCCCC(C)C. The molecule has 0 saturated heterocycles. The lowest BCUT2D eigenvalue weighted by Gasteiger charge is -2.21. The van der Waals surface area contributed by atoms with E-state index in [1.807, 2.05) is 0 Å². The van der Waals surface area contributed by atoms with Crippen LogP contribution in [0.4, 0.5) is 0 Å². The van der Waals surface area contributed by atoms with Crippen LogP contribution in [-0.2, 0) is 65.4 Å². The predicted octanol–water partition coefficient (Wildman–Crippen LogP) is 23.2. The zero-order valence-corrected chi connectivity index (χ0v) is 66.2. The summed E-state index contributed by atoms with van der Waals surface area (Å²) in [6.07, 6.45) is 54.2. The van der Waals surface area contributed by atoms with E-state index in [4.69, 9.17) is 37.0 Å². The van der Waals surface area contributed by atoms with Gasteiger partial charge in [-0.2, -0.15) is 0 Å². The van der Waals surface area contributed by atoms with Gasteiger partial charge >= 0.3 is 39.5 Å². The highest BCUT2D eigenvalue weighted by Gasteiger charge is 2.30. The van der Waals surface area contributed by atoms with Crippen LogP contribution in [0.5, 0.6) is 0 Å². The van der Waals surface area contributed by atoms with Gasteiger partial charge in [0.25, 0.3) is 0 Å². The van der Waals surface area contributed by atoms with Crippen LogP contribution < -0.4 is 0 Å². The summed E-state index contributed by atoms with van der Waals surface area (Å²) in [4.78, 5) is 72.9. The molecule has 0 radical (unpaired) electrons. The largest absolute Gasteiger partial charge is 0.472 e. The van der Waals surface area contributed by atoms with Crippen LogP contribution in [0.2, 0.25) is 0 Å². The lowest BCUT2D eigenvalue weighted by Crippen LogP contribution is -2.30. The van der Waals surface area contributed by atoms with Crippen LogP contribution >= 0.6 is 15.6 Å². The normalized spacial score (nSPS) is 14.3. The Labute approximate surface area is 600 Å². The summed E-state index contributed by atoms with van der Waals surface area (Å²) in [7, 11) is -9.92. The molecule has 0 aliphatic rings. The van der Waals surface area contributed by atoms with Crippen LogP contribution in [0.15, 0.2) is 0 Å². The van der Waals surface area contributed by atoms with Crippen molar-refractivity contribution in [1.82, 2.24) is 0 Å². The molecule has 0 aliphatic carbocycles. The molecule has 582 valence electrons. The van der Waals surface area contributed by atoms with Crippen molar-refractivity contribution in [3.8, 4) is 0 Å². The number of phosphoric acid groups is 2. The molecule has 0 aliphatic heterocycles. The monoisotopic (exact) mass is 1440 g/mol. The van der Waals surface area contributed by atoms with E-state index in [1.54, 1.807) is 0 Å². The molecular weight excluding hydrogens is 1280 g/mol. The van der Waals surface area contributed by atoms with E-state index in [-0.39, 0.29) is 25.7 Å². The second-order valence-electron chi connectivity index (χ2n) is 30.1. The fourth-order valence-corrected chi connectivity index (χ4v) is 13.6. The number of aliphatic hydroxyl groups excluding tert-OH is 1. The fourth-order valence-electron chi connectivity index (χ4n) is 12.0. The van der Waals surface area contributed by atoms with Crippen LogP contribution in [0, 0.1) is 23.7 Å². The van der Waals surface area contributed by atoms with Gasteiger partial charge < -0.3 is 33.8 Å². The third-order valence-electron chi connectivity index (χ3n) is 18.7. The van der Waals surface area contributed by atoms with Gasteiger partial charge in [0, 0.05) is 25.7 Å². The lowest BCUT2D eigenvalue weighted by atomic mass is 9.99. The maximum absolute atomic E-state index is 13.1. The first kappa shape index (κ1) is 96.1. The van der Waals surface area contributed by atoms with Crippen molar-refractivity contribution in [1.29, 1.82) is 0 Å². The molecule has 0 spiro atoms. The minimum absolute atomic E-state index is 0.104. The number of hydrogen-bond donors (Lipinski definition) is 3. The van der Waals surface area contributed by atoms with Crippen LogP contribution in [-0.4, -0.2) is 96.7 Å². The maximum Gasteiger partial charge on any atom is 0.472 e. The molecule has 0 amide bonds. The fraction of sp³-hybridized carbons (Fsp3) is 0.949. The number of phosphoric ester groups is 2. The van der Waals surface area contributed by atoms with E-state index in [2.05, 4.69) is 55.4 Å². The predicted molar refractivity (Wildman–Crippen MR) is 400 cm³/mol. The molecule has 0 aromatic heterocycles. The second kappa shape index (κ2) is 68.2. The van der Waals surface area contributed by atoms with Crippen molar-refractivity contribution in [2.45, 2.75) is 420 Å². The van der Waals surface area contributed by atoms with Crippen molar-refractivity contribution in [3.63, 3.8) is 0 Å². The molecule has 0 heterocycles. The summed E-state index contributed by atoms with van der Waals surface area (Å²) in [6.45, 7) is 14.2. The third kappa shape index (κ3) is 71.1. The van der Waals surface area contributed by atoms with E-state index in [0.717, 1.165) is 114 Å². The Kier molecular flexibility index (Phi) is 66.8. The first-order valence-corrected chi connectivity index (χ1v) is 43.7. The third-order valence-corrected chi connectivity index (χ3v) is 20.6. The molecule has 6 atom stereocenters. The van der Waals surface area contributed by atoms with Gasteiger partial charge in [0.05, 0.1) is 26.4 Å². The first-order chi connectivity index (χ1) is 47.1. The van der Waals surface area contributed by atoms with Gasteiger partial charge in [-0.1, -0.05) is 351 Å². The number of ether oxygens (including phenoxy) is 4. The standard InChI is InChI=1S/C79H154O17P2/c1-9-72(8)58-50-42-34-25-18-16-14-12-10-11-13-15-17-19-27-37-45-53-61-78(83)95-74(65-89-76(81)59-51-43-35-26-21-20-23-31-39-47-55-69(2)3)67-93-97(85,86)91-63-73(80)64-92-98(87,88)94-68-75(66-90-77(82)60-52-44-36-30-29-33-41-49-57-71(6)7)96-79(84)62-54-46-38-28-22-24-32-40-48-56-70(4)5/h69-75,80H,9-68H2,1-8H3,(H,85,86)(H,87,88)/t72?,73?,74-,75-/m1/s1. The van der Waals surface area contributed by atoms with E-state index in [1.165, 1.54) is 205 Å². The van der Waals surface area contributed by atoms with Gasteiger partial charge in [-0.15, -0.1) is 0 Å². The average molecular weight is 1440 g/mol. The minimum atomic E-state index is -4.96. The summed E-state index contributed by atoms with van der Waals surface area (Å²) in [5, 5.41) is 10.6. The summed E-state index contributed by atoms with van der Waals surface area (Å²) in [5.74, 6) is 0.973. The van der Waals surface area contributed by atoms with Crippen molar-refractivity contribution < 1.29 is 80.2 Å². The molecule has 0 saturated carbocycles. The van der Waals surface area contributed by atoms with Gasteiger partial charge in [-0.05, 0) is 49.4 Å². The number of esters is 4. The summed E-state index contributed by atoms with van der Waals surface area (Å²) in [6, 6.07) is 0.